The molecule has 3 aromatic carbocycles. The number of hydrogen-bond donors (Lipinski definition) is 2. The summed E-state index contributed by atoms with van der Waals surface area (Å²) in [5, 5.41) is 30.6. The molecule has 2 N–H and O–H groups in total. The summed E-state index contributed by atoms with van der Waals surface area (Å²) in [6, 6.07) is 21.4. The molecule has 1 aromatic heterocycles. The van der Waals surface area contributed by atoms with Crippen LogP contribution in [0.25, 0.3) is 10.9 Å². The first-order valence-corrected chi connectivity index (χ1v) is 9.91. The Morgan fingerprint density at radius 2 is 1.39 bits per heavy atom. The molecule has 4 aromatic rings. The summed E-state index contributed by atoms with van der Waals surface area (Å²) in [7, 11) is 1.70. The monoisotopic (exact) mass is 413 g/mol. The zero-order valence-electron chi connectivity index (χ0n) is 17.6. The third kappa shape index (κ3) is 3.51. The standard InChI is InChI=1S/C25H23N3O3/c1-16-8-12-18(13-9-16)25(31,19-14-10-17(2)11-15-19)24(30)27-26-22-20-6-4-5-7-21(20)28(3)23(22)29/h4-15,29,31H,1-3H3. The van der Waals surface area contributed by atoms with Crippen LogP contribution >= 0.6 is 0 Å². The number of aliphatic hydroxyl groups is 1. The minimum Gasteiger partial charge on any atom is -0.493 e. The van der Waals surface area contributed by atoms with E-state index in [1.807, 2.05) is 56.3 Å². The van der Waals surface area contributed by atoms with Gasteiger partial charge in [0.25, 0.3) is 0 Å². The van der Waals surface area contributed by atoms with E-state index in [0.29, 0.717) is 16.5 Å². The number of nitrogens with zero attached hydrogens (tertiary/aromatic N) is 3. The second kappa shape index (κ2) is 7.81. The molecule has 31 heavy (non-hydrogen) atoms. The van der Waals surface area contributed by atoms with Crippen LogP contribution in [0, 0.1) is 13.8 Å². The van der Waals surface area contributed by atoms with E-state index in [1.165, 1.54) is 0 Å². The zero-order valence-corrected chi connectivity index (χ0v) is 17.6. The first kappa shape index (κ1) is 20.5. The molecule has 0 atom stereocenters. The van der Waals surface area contributed by atoms with Crippen LogP contribution in [0.15, 0.2) is 83.0 Å². The van der Waals surface area contributed by atoms with Crippen molar-refractivity contribution in [2.45, 2.75) is 19.4 Å². The molecule has 0 radical (unpaired) electrons. The molecule has 1 heterocycles. The van der Waals surface area contributed by atoms with Gasteiger partial charge in [0.15, 0.2) is 11.3 Å². The molecular formula is C25H23N3O3. The van der Waals surface area contributed by atoms with Crippen LogP contribution in [0.1, 0.15) is 22.3 Å². The Bertz CT molecular complexity index is 1240. The van der Waals surface area contributed by atoms with Crippen molar-refractivity contribution < 1.29 is 15.0 Å². The van der Waals surface area contributed by atoms with Gasteiger partial charge >= 0.3 is 5.91 Å². The average molecular weight is 413 g/mol. The SMILES string of the molecule is Cc1ccc(C(O)(C(=O)N=Nc2c(O)n(C)c3ccccc23)c2ccc(C)cc2)cc1. The molecule has 0 aliphatic heterocycles. The predicted molar refractivity (Wildman–Crippen MR) is 119 cm³/mol. The fourth-order valence-electron chi connectivity index (χ4n) is 3.63. The fourth-order valence-corrected chi connectivity index (χ4v) is 3.63. The van der Waals surface area contributed by atoms with Crippen molar-refractivity contribution in [2.75, 3.05) is 0 Å². The molecule has 0 bridgehead atoms. The molecule has 0 unspecified atom stereocenters. The van der Waals surface area contributed by atoms with Crippen molar-refractivity contribution in [2.24, 2.45) is 17.3 Å². The van der Waals surface area contributed by atoms with E-state index in [0.717, 1.165) is 16.6 Å². The zero-order chi connectivity index (χ0) is 22.2. The molecule has 156 valence electrons. The van der Waals surface area contributed by atoms with Gasteiger partial charge in [0.05, 0.1) is 5.52 Å². The number of carbonyl (C=O) groups excluding carboxylic acids is 1. The van der Waals surface area contributed by atoms with Crippen LogP contribution in [0.2, 0.25) is 0 Å². The summed E-state index contributed by atoms with van der Waals surface area (Å²) in [4.78, 5) is 13.3. The van der Waals surface area contributed by atoms with Gasteiger partial charge in [-0.3, -0.25) is 4.79 Å². The Labute approximate surface area is 180 Å². The number of rotatable bonds is 4. The number of aryl methyl sites for hydroxylation is 3. The van der Waals surface area contributed by atoms with Crippen molar-refractivity contribution in [1.82, 2.24) is 4.57 Å². The lowest BCUT2D eigenvalue weighted by Gasteiger charge is -2.25. The second-order valence-electron chi connectivity index (χ2n) is 7.70. The lowest BCUT2D eigenvalue weighted by Crippen LogP contribution is -2.35. The third-order valence-corrected chi connectivity index (χ3v) is 5.54. The molecule has 0 saturated heterocycles. The van der Waals surface area contributed by atoms with E-state index in [9.17, 15) is 15.0 Å². The normalized spacial score (nSPS) is 12.0. The molecule has 0 aliphatic rings. The van der Waals surface area contributed by atoms with Crippen LogP contribution in [-0.2, 0) is 17.4 Å². The first-order valence-electron chi connectivity index (χ1n) is 9.91. The van der Waals surface area contributed by atoms with Gasteiger partial charge in [-0.15, -0.1) is 10.2 Å². The van der Waals surface area contributed by atoms with E-state index in [2.05, 4.69) is 10.2 Å². The highest BCUT2D eigenvalue weighted by Gasteiger charge is 2.40. The Balaban J connectivity index is 1.81. The topological polar surface area (TPSA) is 87.2 Å². The highest BCUT2D eigenvalue weighted by Crippen LogP contribution is 2.39. The number of aromatic hydroxyl groups is 1. The van der Waals surface area contributed by atoms with Gasteiger partial charge in [0, 0.05) is 12.4 Å². The lowest BCUT2D eigenvalue weighted by atomic mass is 9.85. The number of benzene rings is 3. The van der Waals surface area contributed by atoms with Crippen molar-refractivity contribution >= 4 is 22.5 Å². The number of amides is 1. The highest BCUT2D eigenvalue weighted by molar-refractivity contribution is 5.96. The molecule has 0 aliphatic carbocycles. The smallest absolute Gasteiger partial charge is 0.305 e. The van der Waals surface area contributed by atoms with Crippen LogP contribution in [0.5, 0.6) is 5.88 Å². The van der Waals surface area contributed by atoms with Crippen molar-refractivity contribution in [3.05, 3.63) is 95.1 Å². The minimum atomic E-state index is -2.01. The van der Waals surface area contributed by atoms with E-state index in [1.54, 1.807) is 41.9 Å². The largest absolute Gasteiger partial charge is 0.493 e. The van der Waals surface area contributed by atoms with E-state index >= 15 is 0 Å². The number of hydrogen-bond acceptors (Lipinski definition) is 4. The maximum Gasteiger partial charge on any atom is 0.305 e. The summed E-state index contributed by atoms with van der Waals surface area (Å²) in [5.74, 6) is -0.945. The quantitative estimate of drug-likeness (QED) is 0.459. The third-order valence-electron chi connectivity index (χ3n) is 5.54. The first-order chi connectivity index (χ1) is 14.8. The Hall–Kier alpha value is -3.77. The Morgan fingerprint density at radius 1 is 0.871 bits per heavy atom. The van der Waals surface area contributed by atoms with E-state index in [4.69, 9.17) is 0 Å². The Kier molecular flexibility index (Phi) is 5.17. The average Bonchev–Trinajstić information content (AvgIpc) is 3.02. The molecule has 6 heteroatoms. The van der Waals surface area contributed by atoms with Crippen LogP contribution < -0.4 is 0 Å². The van der Waals surface area contributed by atoms with Gasteiger partial charge in [-0.05, 0) is 31.0 Å². The number of aromatic nitrogens is 1. The van der Waals surface area contributed by atoms with E-state index in [-0.39, 0.29) is 11.6 Å². The molecule has 4 rings (SSSR count). The van der Waals surface area contributed by atoms with Crippen LogP contribution in [0.4, 0.5) is 5.69 Å². The van der Waals surface area contributed by atoms with Gasteiger partial charge < -0.3 is 14.8 Å². The number of para-hydroxylation sites is 1. The van der Waals surface area contributed by atoms with E-state index < -0.39 is 11.5 Å². The van der Waals surface area contributed by atoms with Gasteiger partial charge in [-0.25, -0.2) is 0 Å². The number of carbonyl (C=O) groups is 1. The molecule has 0 spiro atoms. The molecule has 0 saturated carbocycles. The molecule has 1 amide bonds. The van der Waals surface area contributed by atoms with Crippen molar-refractivity contribution in [1.29, 1.82) is 0 Å². The highest BCUT2D eigenvalue weighted by atomic mass is 16.3. The summed E-state index contributed by atoms with van der Waals surface area (Å²) < 4.78 is 1.57. The lowest BCUT2D eigenvalue weighted by molar-refractivity contribution is -0.133. The van der Waals surface area contributed by atoms with Gasteiger partial charge in [-0.1, -0.05) is 77.9 Å². The van der Waals surface area contributed by atoms with Crippen molar-refractivity contribution in [3.63, 3.8) is 0 Å². The van der Waals surface area contributed by atoms with Gasteiger partial charge in [0.1, 0.15) is 0 Å². The second-order valence-corrected chi connectivity index (χ2v) is 7.70. The number of fused-ring (bicyclic) bond motifs is 1. The summed E-state index contributed by atoms with van der Waals surface area (Å²) in [6.45, 7) is 3.86. The van der Waals surface area contributed by atoms with Crippen LogP contribution in [-0.4, -0.2) is 20.7 Å². The number of azo groups is 1. The maximum absolute atomic E-state index is 13.3. The van der Waals surface area contributed by atoms with Gasteiger partial charge in [0.2, 0.25) is 5.88 Å². The Morgan fingerprint density at radius 3 is 1.94 bits per heavy atom. The molecule has 0 fully saturated rings. The molecule has 6 nitrogen and oxygen atoms in total. The molecular weight excluding hydrogens is 390 g/mol. The summed E-state index contributed by atoms with van der Waals surface area (Å²) >= 11 is 0. The van der Waals surface area contributed by atoms with Gasteiger partial charge in [-0.2, -0.15) is 0 Å². The summed E-state index contributed by atoms with van der Waals surface area (Å²) in [6.07, 6.45) is 0. The van der Waals surface area contributed by atoms with Crippen LogP contribution in [0.3, 0.4) is 0 Å². The summed E-state index contributed by atoms with van der Waals surface area (Å²) in [5.41, 5.74) is 1.73. The predicted octanol–water partition coefficient (Wildman–Crippen LogP) is 5.05. The maximum atomic E-state index is 13.3. The van der Waals surface area contributed by atoms with Crippen molar-refractivity contribution in [3.8, 4) is 5.88 Å². The fraction of sp³-hybridized carbons (Fsp3) is 0.160. The minimum absolute atomic E-state index is 0.105.